The largest absolute Gasteiger partial charge is 0.416 e. The quantitative estimate of drug-likeness (QED) is 0.677. The number of Topliss-reactive ketones (excluding diaryl/α,β-unsaturated/α-hetero) is 1. The summed E-state index contributed by atoms with van der Waals surface area (Å²) in [4.78, 5) is 23.4. The molecule has 2 aromatic rings. The Morgan fingerprint density at radius 1 is 1.08 bits per heavy atom. The van der Waals surface area contributed by atoms with Crippen LogP contribution in [0.25, 0.3) is 0 Å². The Balaban J connectivity index is 2.38. The molecule has 25 heavy (non-hydrogen) atoms. The highest BCUT2D eigenvalue weighted by Crippen LogP contribution is 2.34. The number of nitrogens with zero attached hydrogens (tertiary/aromatic N) is 1. The first kappa shape index (κ1) is 18.0. The van der Waals surface area contributed by atoms with Crippen LogP contribution in [0.5, 0.6) is 0 Å². The highest BCUT2D eigenvalue weighted by atomic mass is 19.4. The molecule has 0 aliphatic heterocycles. The molecular weight excluding hydrogens is 335 g/mol. The predicted octanol–water partition coefficient (Wildman–Crippen LogP) is 3.20. The smallest absolute Gasteiger partial charge is 0.398 e. The molecule has 1 atom stereocenters. The maximum atomic E-state index is 12.7. The number of nitrogens with one attached hydrogen (secondary N) is 1. The van der Waals surface area contributed by atoms with Crippen LogP contribution in [0.2, 0.25) is 0 Å². The molecule has 0 spiro atoms. The number of ketones is 1. The summed E-state index contributed by atoms with van der Waals surface area (Å²) < 4.78 is 38.0. The van der Waals surface area contributed by atoms with Gasteiger partial charge in [-0.05, 0) is 24.3 Å². The summed E-state index contributed by atoms with van der Waals surface area (Å²) in [5.74, 6) is -2.99. The van der Waals surface area contributed by atoms with Crippen molar-refractivity contribution in [1.29, 1.82) is 5.26 Å². The van der Waals surface area contributed by atoms with Crippen molar-refractivity contribution in [2.45, 2.75) is 12.1 Å². The Hall–Kier alpha value is -3.34. The number of hydrogen-bond donors (Lipinski definition) is 1. The number of benzene rings is 2. The summed E-state index contributed by atoms with van der Waals surface area (Å²) in [5, 5.41) is 9.27. The number of nitrogens with two attached hydrogens (primary N) is 1. The number of alkyl halides is 3. The molecule has 2 rings (SSSR count). The molecule has 3 N–H and O–H groups in total. The Morgan fingerprint density at radius 2 is 1.64 bits per heavy atom. The van der Waals surface area contributed by atoms with Crippen LogP contribution in [0.1, 0.15) is 37.8 Å². The minimum Gasteiger partial charge on any atom is -0.398 e. The average Bonchev–Trinajstić information content (AvgIpc) is 2.55. The molecule has 1 amide bonds. The molecule has 5 nitrogen and oxygen atoms in total. The maximum absolute atomic E-state index is 12.7. The number of halogens is 3. The highest BCUT2D eigenvalue weighted by molar-refractivity contribution is 6.04. The third kappa shape index (κ3) is 3.77. The lowest BCUT2D eigenvalue weighted by Crippen LogP contribution is -2.15. The van der Waals surface area contributed by atoms with Crippen LogP contribution in [0.4, 0.5) is 18.9 Å². The molecular formula is C17H11F3N3O2. The monoisotopic (exact) mass is 346 g/mol. The Bertz CT molecular complexity index is 868. The summed E-state index contributed by atoms with van der Waals surface area (Å²) in [6, 6.07) is 9.23. The first-order chi connectivity index (χ1) is 11.6. The van der Waals surface area contributed by atoms with Gasteiger partial charge in [-0.15, -0.1) is 0 Å². The molecule has 127 valence electrons. The lowest BCUT2D eigenvalue weighted by molar-refractivity contribution is -0.137. The second-order valence-corrected chi connectivity index (χ2v) is 5.17. The zero-order valence-electron chi connectivity index (χ0n) is 12.6. The third-order valence-corrected chi connectivity index (χ3v) is 3.55. The number of carbonyl (C=O) groups is 2. The van der Waals surface area contributed by atoms with E-state index in [1.165, 1.54) is 24.3 Å². The number of nitriles is 1. The second-order valence-electron chi connectivity index (χ2n) is 5.17. The summed E-state index contributed by atoms with van der Waals surface area (Å²) in [6.07, 6.45) is -4.59. The van der Waals surface area contributed by atoms with Crippen LogP contribution in [0, 0.1) is 11.3 Å². The first-order valence-electron chi connectivity index (χ1n) is 6.91. The van der Waals surface area contributed by atoms with E-state index in [0.717, 1.165) is 12.1 Å². The van der Waals surface area contributed by atoms with Crippen LogP contribution >= 0.6 is 0 Å². The van der Waals surface area contributed by atoms with Crippen LogP contribution in [-0.2, 0) is 6.18 Å². The van der Waals surface area contributed by atoms with Crippen molar-refractivity contribution < 1.29 is 22.8 Å². The predicted molar refractivity (Wildman–Crippen MR) is 82.4 cm³/mol. The fraction of sp³-hybridized carbons (Fsp3) is 0.118. The first-order valence-corrected chi connectivity index (χ1v) is 6.91. The van der Waals surface area contributed by atoms with Crippen molar-refractivity contribution in [3.63, 3.8) is 0 Å². The number of carbonyl (C=O) groups excluding carboxylic acids is 2. The topological polar surface area (TPSA) is 108 Å². The van der Waals surface area contributed by atoms with Crippen LogP contribution in [0.3, 0.4) is 0 Å². The fourth-order valence-corrected chi connectivity index (χ4v) is 2.24. The van der Waals surface area contributed by atoms with Gasteiger partial charge >= 0.3 is 6.18 Å². The third-order valence-electron chi connectivity index (χ3n) is 3.55. The van der Waals surface area contributed by atoms with Crippen molar-refractivity contribution >= 4 is 17.4 Å². The zero-order valence-corrected chi connectivity index (χ0v) is 12.6. The van der Waals surface area contributed by atoms with E-state index in [1.807, 2.05) is 0 Å². The second kappa shape index (κ2) is 6.65. The summed E-state index contributed by atoms with van der Waals surface area (Å²) in [7, 11) is 0. The van der Waals surface area contributed by atoms with Crippen LogP contribution in [-0.4, -0.2) is 11.7 Å². The number of anilines is 1. The van der Waals surface area contributed by atoms with Crippen molar-refractivity contribution in [3.8, 4) is 6.07 Å². The summed E-state index contributed by atoms with van der Waals surface area (Å²) in [5.41, 5.74) is 11.4. The molecule has 0 saturated heterocycles. The fourth-order valence-electron chi connectivity index (χ4n) is 2.24. The number of rotatable bonds is 4. The lowest BCUT2D eigenvalue weighted by Gasteiger charge is -2.14. The van der Waals surface area contributed by atoms with E-state index in [9.17, 15) is 28.0 Å². The summed E-state index contributed by atoms with van der Waals surface area (Å²) in [6.45, 7) is 0. The molecule has 1 radical (unpaired) electrons. The van der Waals surface area contributed by atoms with Gasteiger partial charge in [0.15, 0.2) is 5.78 Å². The molecule has 0 saturated carbocycles. The molecule has 0 aliphatic rings. The average molecular weight is 346 g/mol. The van der Waals surface area contributed by atoms with Crippen molar-refractivity contribution in [1.82, 2.24) is 5.73 Å². The molecule has 0 aromatic heterocycles. The molecule has 0 bridgehead atoms. The zero-order chi connectivity index (χ0) is 18.8. The highest BCUT2D eigenvalue weighted by Gasteiger charge is 2.32. The Morgan fingerprint density at radius 3 is 2.08 bits per heavy atom. The van der Waals surface area contributed by atoms with Gasteiger partial charge in [0.2, 0.25) is 0 Å². The minimum absolute atomic E-state index is 0.0267. The Labute approximate surface area is 140 Å². The standard InChI is InChI=1S/C17H11F3N3O2/c18-17(19,20)11-5-6-12(14(22)7-11)13(8-21)15(24)9-1-3-10(4-2-9)16(23)25/h1-7,13,23H,22H2. The van der Waals surface area contributed by atoms with Crippen molar-refractivity contribution in [2.75, 3.05) is 5.73 Å². The Kier molecular flexibility index (Phi) is 4.79. The van der Waals surface area contributed by atoms with E-state index in [4.69, 9.17) is 11.5 Å². The van der Waals surface area contributed by atoms with Crippen molar-refractivity contribution in [3.05, 3.63) is 64.7 Å². The minimum atomic E-state index is -4.59. The number of hydrogen-bond acceptors (Lipinski definition) is 4. The lowest BCUT2D eigenvalue weighted by atomic mass is 9.89. The van der Waals surface area contributed by atoms with Crippen LogP contribution in [0.15, 0.2) is 42.5 Å². The van der Waals surface area contributed by atoms with Gasteiger partial charge in [-0.25, -0.2) is 0 Å². The van der Waals surface area contributed by atoms with Gasteiger partial charge in [-0.1, -0.05) is 18.2 Å². The van der Waals surface area contributed by atoms with Gasteiger partial charge in [-0.2, -0.15) is 18.4 Å². The van der Waals surface area contributed by atoms with Gasteiger partial charge in [0.05, 0.1) is 11.6 Å². The normalized spacial score (nSPS) is 12.2. The van der Waals surface area contributed by atoms with Crippen LogP contribution < -0.4 is 11.5 Å². The van der Waals surface area contributed by atoms with Gasteiger partial charge in [0, 0.05) is 22.4 Å². The van der Waals surface area contributed by atoms with E-state index >= 15 is 0 Å². The van der Waals surface area contributed by atoms with Crippen molar-refractivity contribution in [2.24, 2.45) is 0 Å². The molecule has 2 aromatic carbocycles. The molecule has 8 heteroatoms. The summed E-state index contributed by atoms with van der Waals surface area (Å²) >= 11 is 0. The van der Waals surface area contributed by atoms with E-state index in [2.05, 4.69) is 0 Å². The van der Waals surface area contributed by atoms with Gasteiger partial charge < -0.3 is 5.73 Å². The van der Waals surface area contributed by atoms with E-state index in [-0.39, 0.29) is 22.4 Å². The maximum Gasteiger partial charge on any atom is 0.416 e. The number of amides is 1. The molecule has 1 unspecified atom stereocenters. The van der Waals surface area contributed by atoms with Gasteiger partial charge in [-0.3, -0.25) is 15.3 Å². The van der Waals surface area contributed by atoms with Gasteiger partial charge in [0.1, 0.15) is 5.92 Å². The molecule has 0 aliphatic carbocycles. The van der Waals surface area contributed by atoms with E-state index in [0.29, 0.717) is 6.07 Å². The van der Waals surface area contributed by atoms with E-state index in [1.54, 1.807) is 6.07 Å². The molecule has 0 heterocycles. The van der Waals surface area contributed by atoms with E-state index < -0.39 is 29.3 Å². The SMILES string of the molecule is N#CC(C(=O)c1ccc(C([NH])=O)cc1)c1ccc(C(F)(F)F)cc1N. The molecule has 0 fully saturated rings. The van der Waals surface area contributed by atoms with Gasteiger partial charge in [0.25, 0.3) is 5.91 Å². The number of nitrogen functional groups attached to an aromatic ring is 1.